The van der Waals surface area contributed by atoms with Crippen molar-refractivity contribution in [2.45, 2.75) is 129 Å². The number of benzene rings is 1. The molecule has 0 saturated heterocycles. The summed E-state index contributed by atoms with van der Waals surface area (Å²) in [6.45, 7) is 5.66. The maximum atomic E-state index is 12.8. The zero-order chi connectivity index (χ0) is 29.4. The fourth-order valence-corrected chi connectivity index (χ4v) is 5.25. The van der Waals surface area contributed by atoms with E-state index in [1.165, 1.54) is 95.5 Å². The van der Waals surface area contributed by atoms with Crippen LogP contribution in [0.3, 0.4) is 0 Å². The average Bonchev–Trinajstić information content (AvgIpc) is 2.96. The molecule has 0 amide bonds. The molecular weight excluding hydrogens is 579 g/mol. The zero-order valence-electron chi connectivity index (χ0n) is 27.5. The Morgan fingerprint density at radius 3 is 1.77 bits per heavy atom. The van der Waals surface area contributed by atoms with Gasteiger partial charge in [0, 0.05) is 24.9 Å². The van der Waals surface area contributed by atoms with Crippen molar-refractivity contribution >= 4 is 24.8 Å². The number of halogens is 2. The molecule has 0 atom stereocenters. The predicted octanol–water partition coefficient (Wildman–Crippen LogP) is 9.85. The number of rotatable bonds is 26. The van der Waals surface area contributed by atoms with Crippen molar-refractivity contribution in [3.63, 3.8) is 0 Å². The predicted molar refractivity (Wildman–Crippen MR) is 189 cm³/mol. The van der Waals surface area contributed by atoms with E-state index >= 15 is 0 Å². The molecule has 0 unspecified atom stereocenters. The van der Waals surface area contributed by atoms with E-state index in [2.05, 4.69) is 42.6 Å². The van der Waals surface area contributed by atoms with Crippen LogP contribution < -0.4 is 10.2 Å². The maximum absolute atomic E-state index is 12.8. The molecule has 0 fully saturated rings. The van der Waals surface area contributed by atoms with Crippen LogP contribution in [-0.2, 0) is 17.9 Å². The first kappa shape index (κ1) is 41.5. The molecule has 1 aromatic heterocycles. The first-order valence-corrected chi connectivity index (χ1v) is 16.7. The molecule has 1 heterocycles. The van der Waals surface area contributed by atoms with Crippen LogP contribution in [0.25, 0.3) is 0 Å². The van der Waals surface area contributed by atoms with Crippen molar-refractivity contribution in [1.29, 1.82) is 0 Å². The van der Waals surface area contributed by atoms with E-state index < -0.39 is 0 Å². The van der Waals surface area contributed by atoms with Crippen molar-refractivity contribution in [1.82, 2.24) is 9.47 Å². The highest BCUT2D eigenvalue weighted by Gasteiger charge is 2.09. The Balaban J connectivity index is 0.00000882. The van der Waals surface area contributed by atoms with Gasteiger partial charge in [-0.05, 0) is 39.0 Å². The van der Waals surface area contributed by atoms with E-state index in [0.29, 0.717) is 32.1 Å². The standard InChI is InChI=1S/C36H60N2O3.2ClH/c1-4-5-6-7-8-9-10-11-12-13-14-15-16-17-18-22-28-41-36-31-38(30-33-24-20-19-21-25-33)34(29-35(36)39)32-40-27-23-26-37(2)3;;/h19-21,24-25,29,31H,4-18,22-23,26-28,30,32H2,1-3H3;2*1H. The second-order valence-electron chi connectivity index (χ2n) is 12.0. The van der Waals surface area contributed by atoms with Crippen LogP contribution in [0, 0.1) is 0 Å². The molecule has 7 heteroatoms. The molecule has 248 valence electrons. The number of hydrogen-bond acceptors (Lipinski definition) is 4. The van der Waals surface area contributed by atoms with E-state index in [9.17, 15) is 4.79 Å². The van der Waals surface area contributed by atoms with Crippen molar-refractivity contribution in [3.05, 3.63) is 64.1 Å². The second kappa shape index (κ2) is 28.0. The minimum absolute atomic E-state index is 0. The monoisotopic (exact) mass is 640 g/mol. The fourth-order valence-electron chi connectivity index (χ4n) is 5.25. The number of hydrogen-bond donors (Lipinski definition) is 0. The Kier molecular flexibility index (Phi) is 27.0. The molecule has 0 spiro atoms. The van der Waals surface area contributed by atoms with Crippen LogP contribution in [0.4, 0.5) is 0 Å². The van der Waals surface area contributed by atoms with Crippen LogP contribution in [0.2, 0.25) is 0 Å². The Hall–Kier alpha value is -1.53. The minimum Gasteiger partial charge on any atom is -0.488 e. The number of pyridine rings is 1. The van der Waals surface area contributed by atoms with Crippen LogP contribution >= 0.6 is 24.8 Å². The summed E-state index contributed by atoms with van der Waals surface area (Å²) in [5.74, 6) is 0.443. The summed E-state index contributed by atoms with van der Waals surface area (Å²) in [5.41, 5.74) is 2.02. The molecule has 0 aliphatic heterocycles. The van der Waals surface area contributed by atoms with Crippen molar-refractivity contribution < 1.29 is 9.47 Å². The van der Waals surface area contributed by atoms with E-state index in [1.54, 1.807) is 6.07 Å². The van der Waals surface area contributed by atoms with Crippen molar-refractivity contribution in [2.24, 2.45) is 0 Å². The average molecular weight is 642 g/mol. The first-order valence-electron chi connectivity index (χ1n) is 16.7. The third kappa shape index (κ3) is 20.9. The van der Waals surface area contributed by atoms with Gasteiger partial charge in [-0.2, -0.15) is 0 Å². The van der Waals surface area contributed by atoms with Gasteiger partial charge < -0.3 is 18.9 Å². The summed E-state index contributed by atoms with van der Waals surface area (Å²) in [4.78, 5) is 15.0. The van der Waals surface area contributed by atoms with Crippen LogP contribution in [0.1, 0.15) is 127 Å². The van der Waals surface area contributed by atoms with Gasteiger partial charge in [0.2, 0.25) is 5.43 Å². The summed E-state index contributed by atoms with van der Waals surface area (Å²) >= 11 is 0. The largest absolute Gasteiger partial charge is 0.488 e. The van der Waals surface area contributed by atoms with E-state index in [-0.39, 0.29) is 30.2 Å². The molecule has 0 radical (unpaired) electrons. The molecule has 1 aromatic carbocycles. The van der Waals surface area contributed by atoms with E-state index in [0.717, 1.165) is 31.5 Å². The van der Waals surface area contributed by atoms with Gasteiger partial charge in [-0.3, -0.25) is 4.79 Å². The molecule has 0 saturated carbocycles. The lowest BCUT2D eigenvalue weighted by Crippen LogP contribution is -2.18. The number of aromatic nitrogens is 1. The normalized spacial score (nSPS) is 10.9. The van der Waals surface area contributed by atoms with Crippen molar-refractivity contribution in [2.75, 3.05) is 33.9 Å². The zero-order valence-corrected chi connectivity index (χ0v) is 29.2. The van der Waals surface area contributed by atoms with Gasteiger partial charge in [-0.25, -0.2) is 0 Å². The fraction of sp³-hybridized carbons (Fsp3) is 0.694. The van der Waals surface area contributed by atoms with Crippen molar-refractivity contribution in [3.8, 4) is 5.75 Å². The van der Waals surface area contributed by atoms with Gasteiger partial charge in [0.05, 0.1) is 19.4 Å². The summed E-state index contributed by atoms with van der Waals surface area (Å²) in [7, 11) is 4.13. The lowest BCUT2D eigenvalue weighted by molar-refractivity contribution is 0.108. The quantitative estimate of drug-likeness (QED) is 0.0960. The number of unbranched alkanes of at least 4 members (excludes halogenated alkanes) is 15. The first-order chi connectivity index (χ1) is 20.1. The van der Waals surface area contributed by atoms with E-state index in [1.807, 2.05) is 24.4 Å². The Bertz CT molecular complexity index is 953. The lowest BCUT2D eigenvalue weighted by Gasteiger charge is -2.16. The molecule has 2 aromatic rings. The molecular formula is C36H62Cl2N2O3. The van der Waals surface area contributed by atoms with Gasteiger partial charge in [0.1, 0.15) is 0 Å². The molecule has 0 aliphatic rings. The SMILES string of the molecule is CCCCCCCCCCCCCCCCCCOc1cn(Cc2ccccc2)c(COCCCN(C)C)cc1=O.Cl.Cl. The summed E-state index contributed by atoms with van der Waals surface area (Å²) < 4.78 is 14.0. The molecule has 2 rings (SSSR count). The second-order valence-corrected chi connectivity index (χ2v) is 12.0. The molecule has 43 heavy (non-hydrogen) atoms. The Morgan fingerprint density at radius 2 is 1.23 bits per heavy atom. The lowest BCUT2D eigenvalue weighted by atomic mass is 10.0. The Morgan fingerprint density at radius 1 is 0.698 bits per heavy atom. The van der Waals surface area contributed by atoms with Gasteiger partial charge in [-0.1, -0.05) is 134 Å². The van der Waals surface area contributed by atoms with Crippen LogP contribution in [0.5, 0.6) is 5.75 Å². The molecule has 0 bridgehead atoms. The third-order valence-corrected chi connectivity index (χ3v) is 7.78. The highest BCUT2D eigenvalue weighted by Crippen LogP contribution is 2.15. The van der Waals surface area contributed by atoms with Gasteiger partial charge in [-0.15, -0.1) is 24.8 Å². The molecule has 5 nitrogen and oxygen atoms in total. The summed E-state index contributed by atoms with van der Waals surface area (Å²) in [5, 5.41) is 0. The van der Waals surface area contributed by atoms with E-state index in [4.69, 9.17) is 9.47 Å². The van der Waals surface area contributed by atoms with Crippen LogP contribution in [-0.4, -0.2) is 43.3 Å². The summed E-state index contributed by atoms with van der Waals surface area (Å²) in [6.07, 6.45) is 24.4. The highest BCUT2D eigenvalue weighted by molar-refractivity contribution is 5.85. The van der Waals surface area contributed by atoms with Crippen LogP contribution in [0.15, 0.2) is 47.4 Å². The topological polar surface area (TPSA) is 43.7 Å². The minimum atomic E-state index is -0.0577. The molecule has 0 aliphatic carbocycles. The van der Waals surface area contributed by atoms with Gasteiger partial charge in [0.15, 0.2) is 5.75 Å². The highest BCUT2D eigenvalue weighted by atomic mass is 35.5. The molecule has 0 N–H and O–H groups in total. The smallest absolute Gasteiger partial charge is 0.223 e. The Labute approximate surface area is 275 Å². The number of ether oxygens (including phenoxy) is 2. The van der Waals surface area contributed by atoms with Gasteiger partial charge in [0.25, 0.3) is 0 Å². The summed E-state index contributed by atoms with van der Waals surface area (Å²) in [6, 6.07) is 12.0. The maximum Gasteiger partial charge on any atom is 0.223 e. The number of nitrogens with zero attached hydrogens (tertiary/aromatic N) is 2. The third-order valence-electron chi connectivity index (χ3n) is 7.78. The van der Waals surface area contributed by atoms with Gasteiger partial charge >= 0.3 is 0 Å².